The fourth-order valence-electron chi connectivity index (χ4n) is 5.91. The fraction of sp³-hybridized carbons (Fsp3) is 0.0263. The number of hydrogen-bond acceptors (Lipinski definition) is 2. The van der Waals surface area contributed by atoms with E-state index in [-0.39, 0.29) is 0 Å². The van der Waals surface area contributed by atoms with Gasteiger partial charge in [0.2, 0.25) is 0 Å². The number of aromatic nitrogens is 1. The second-order valence-corrected chi connectivity index (χ2v) is 10.1. The lowest BCUT2D eigenvalue weighted by Crippen LogP contribution is -1.93. The summed E-state index contributed by atoms with van der Waals surface area (Å²) in [5.41, 5.74) is 14.8. The predicted octanol–water partition coefficient (Wildman–Crippen LogP) is 9.86. The van der Waals surface area contributed by atoms with Crippen LogP contribution in [0.4, 0.5) is 0 Å². The van der Waals surface area contributed by atoms with E-state index in [4.69, 9.17) is 10.7 Å². The van der Waals surface area contributed by atoms with Crippen LogP contribution in [-0.2, 0) is 0 Å². The van der Waals surface area contributed by atoms with Gasteiger partial charge < -0.3 is 5.73 Å². The minimum Gasteiger partial charge on any atom is -0.404 e. The molecule has 0 atom stereocenters. The normalized spacial score (nSPS) is 12.3. The predicted molar refractivity (Wildman–Crippen MR) is 171 cm³/mol. The highest BCUT2D eigenvalue weighted by Crippen LogP contribution is 2.43. The monoisotopic (exact) mass is 512 g/mol. The molecule has 0 unspecified atom stereocenters. The van der Waals surface area contributed by atoms with Crippen molar-refractivity contribution in [3.63, 3.8) is 0 Å². The van der Waals surface area contributed by atoms with Crippen molar-refractivity contribution in [2.75, 3.05) is 0 Å². The third-order valence-electron chi connectivity index (χ3n) is 7.85. The van der Waals surface area contributed by atoms with Crippen molar-refractivity contribution in [1.82, 2.24) is 4.98 Å². The molecule has 0 fully saturated rings. The Labute approximate surface area is 234 Å². The zero-order chi connectivity index (χ0) is 27.1. The van der Waals surface area contributed by atoms with Crippen molar-refractivity contribution >= 4 is 37.9 Å². The molecule has 0 aliphatic heterocycles. The molecule has 0 spiro atoms. The van der Waals surface area contributed by atoms with Crippen LogP contribution in [-0.4, -0.2) is 4.98 Å². The first-order chi connectivity index (χ1) is 19.7. The molecule has 190 valence electrons. The lowest BCUT2D eigenvalue weighted by Gasteiger charge is -2.18. The van der Waals surface area contributed by atoms with Gasteiger partial charge in [0, 0.05) is 23.5 Å². The molecule has 0 radical (unpaired) electrons. The van der Waals surface area contributed by atoms with E-state index >= 15 is 0 Å². The molecule has 2 heteroatoms. The van der Waals surface area contributed by atoms with Gasteiger partial charge in [0.1, 0.15) is 0 Å². The summed E-state index contributed by atoms with van der Waals surface area (Å²) in [6, 6.07) is 41.3. The van der Waals surface area contributed by atoms with Crippen LogP contribution in [0, 0.1) is 0 Å². The fourth-order valence-corrected chi connectivity index (χ4v) is 5.91. The Morgan fingerprint density at radius 3 is 1.98 bits per heavy atom. The van der Waals surface area contributed by atoms with Gasteiger partial charge in [0.05, 0.1) is 5.69 Å². The largest absolute Gasteiger partial charge is 0.404 e. The zero-order valence-corrected chi connectivity index (χ0v) is 22.3. The van der Waals surface area contributed by atoms with Crippen molar-refractivity contribution in [2.45, 2.75) is 6.92 Å². The van der Waals surface area contributed by atoms with Crippen LogP contribution in [0.1, 0.15) is 12.5 Å². The smallest absolute Gasteiger partial charge is 0.0708 e. The molecule has 2 nitrogen and oxygen atoms in total. The van der Waals surface area contributed by atoms with Crippen molar-refractivity contribution < 1.29 is 0 Å². The molecule has 1 aromatic heterocycles. The molecule has 40 heavy (non-hydrogen) atoms. The molecule has 2 N–H and O–H groups in total. The van der Waals surface area contributed by atoms with Crippen molar-refractivity contribution in [3.05, 3.63) is 145 Å². The van der Waals surface area contributed by atoms with E-state index in [2.05, 4.69) is 109 Å². The molecule has 1 heterocycles. The van der Waals surface area contributed by atoms with Gasteiger partial charge in [-0.15, -0.1) is 0 Å². The van der Waals surface area contributed by atoms with Crippen LogP contribution < -0.4 is 5.73 Å². The summed E-state index contributed by atoms with van der Waals surface area (Å²) in [6.45, 7) is 2.00. The van der Waals surface area contributed by atoms with Gasteiger partial charge >= 0.3 is 0 Å². The number of nitrogens with zero attached hydrogens (tertiary/aromatic N) is 1. The Morgan fingerprint density at radius 2 is 1.32 bits per heavy atom. The number of rotatable bonds is 5. The highest BCUT2D eigenvalue weighted by atomic mass is 14.7. The van der Waals surface area contributed by atoms with Crippen LogP contribution in [0.2, 0.25) is 0 Å². The Kier molecular flexibility index (Phi) is 5.87. The van der Waals surface area contributed by atoms with Crippen LogP contribution in [0.25, 0.3) is 71.4 Å². The second-order valence-electron chi connectivity index (χ2n) is 10.1. The number of benzene rings is 6. The zero-order valence-electron chi connectivity index (χ0n) is 22.3. The Morgan fingerprint density at radius 1 is 0.625 bits per heavy atom. The van der Waals surface area contributed by atoms with Gasteiger partial charge in [-0.2, -0.15) is 0 Å². The first-order valence-electron chi connectivity index (χ1n) is 13.6. The summed E-state index contributed by atoms with van der Waals surface area (Å²) < 4.78 is 0. The molecule has 7 aromatic rings. The van der Waals surface area contributed by atoms with Gasteiger partial charge in [-0.05, 0) is 79.2 Å². The van der Waals surface area contributed by atoms with Crippen LogP contribution in [0.5, 0.6) is 0 Å². The first kappa shape index (κ1) is 23.9. The van der Waals surface area contributed by atoms with E-state index in [1.807, 2.05) is 31.3 Å². The Hall–Kier alpha value is -5.21. The van der Waals surface area contributed by atoms with E-state index in [9.17, 15) is 0 Å². The summed E-state index contributed by atoms with van der Waals surface area (Å²) in [5, 5.41) is 7.58. The summed E-state index contributed by atoms with van der Waals surface area (Å²) in [4.78, 5) is 4.98. The quantitative estimate of drug-likeness (QED) is 0.184. The molecular weight excluding hydrogens is 484 g/mol. The third-order valence-corrected chi connectivity index (χ3v) is 7.85. The molecule has 0 aliphatic carbocycles. The minimum atomic E-state index is 0.969. The maximum atomic E-state index is 5.91. The van der Waals surface area contributed by atoms with Crippen LogP contribution in [0.15, 0.2) is 140 Å². The second kappa shape index (κ2) is 9.83. The van der Waals surface area contributed by atoms with Gasteiger partial charge in [-0.1, -0.05) is 115 Å². The topological polar surface area (TPSA) is 38.9 Å². The average Bonchev–Trinajstić information content (AvgIpc) is 3.03. The number of nitrogens with two attached hydrogens (primary N) is 1. The lowest BCUT2D eigenvalue weighted by atomic mass is 9.86. The third kappa shape index (κ3) is 3.93. The van der Waals surface area contributed by atoms with Gasteiger partial charge in [-0.25, -0.2) is 0 Å². The average molecular weight is 513 g/mol. The van der Waals surface area contributed by atoms with E-state index in [1.54, 1.807) is 6.20 Å². The van der Waals surface area contributed by atoms with Gasteiger partial charge in [-0.3, -0.25) is 4.98 Å². The molecule has 7 rings (SSSR count). The Bertz CT molecular complexity index is 2020. The lowest BCUT2D eigenvalue weighted by molar-refractivity contribution is 1.33. The van der Waals surface area contributed by atoms with E-state index < -0.39 is 0 Å². The van der Waals surface area contributed by atoms with Crippen molar-refractivity contribution in [2.24, 2.45) is 5.73 Å². The van der Waals surface area contributed by atoms with Crippen molar-refractivity contribution in [1.29, 1.82) is 0 Å². The number of hydrogen-bond donors (Lipinski definition) is 1. The summed E-state index contributed by atoms with van der Waals surface area (Å²) in [6.07, 6.45) is 7.69. The van der Waals surface area contributed by atoms with Crippen molar-refractivity contribution in [3.8, 4) is 33.5 Å². The molecule has 6 aromatic carbocycles. The van der Waals surface area contributed by atoms with Gasteiger partial charge in [0.15, 0.2) is 0 Å². The molecule has 0 aliphatic rings. The first-order valence-corrected chi connectivity index (χ1v) is 13.6. The standard InChI is InChI=1S/C38H28N2/c1-2-7-30(23-39)26-12-14-27(15-13-26)34-22-35(36-21-18-31(24-40-36)25-8-4-3-5-9-25)33-20-17-29-11-6-10-28-16-19-32(34)38(33)37(28)29/h2-24H,39H2,1H3/b7-2-,30-23+. The number of allylic oxidation sites excluding steroid dienone is 3. The molecule has 0 saturated heterocycles. The Balaban J connectivity index is 1.47. The maximum absolute atomic E-state index is 5.91. The molecular formula is C38H28N2. The maximum Gasteiger partial charge on any atom is 0.0708 e. The highest BCUT2D eigenvalue weighted by Gasteiger charge is 2.17. The number of pyridine rings is 1. The van der Waals surface area contributed by atoms with Crippen LogP contribution >= 0.6 is 0 Å². The molecule has 0 bridgehead atoms. The summed E-state index contributed by atoms with van der Waals surface area (Å²) in [7, 11) is 0. The van der Waals surface area contributed by atoms with E-state index in [0.29, 0.717) is 0 Å². The summed E-state index contributed by atoms with van der Waals surface area (Å²) >= 11 is 0. The summed E-state index contributed by atoms with van der Waals surface area (Å²) in [5.74, 6) is 0. The highest BCUT2D eigenvalue weighted by molar-refractivity contribution is 6.28. The van der Waals surface area contributed by atoms with Gasteiger partial charge in [0.25, 0.3) is 0 Å². The molecule has 0 saturated carbocycles. The van der Waals surface area contributed by atoms with E-state index in [1.165, 1.54) is 49.0 Å². The molecule has 0 amide bonds. The SMILES string of the molecule is C/C=C\C(=C/N)c1ccc(-c2cc(-c3ccc(-c4ccccc4)cn3)c3ccc4cccc5ccc2c3c54)cc1. The van der Waals surface area contributed by atoms with Crippen LogP contribution in [0.3, 0.4) is 0 Å². The van der Waals surface area contributed by atoms with E-state index in [0.717, 1.165) is 28.0 Å². The minimum absolute atomic E-state index is 0.969.